The number of fused-ring (bicyclic) bond motifs is 4. The van der Waals surface area contributed by atoms with E-state index in [0.29, 0.717) is 19.3 Å². The molecule has 40 heavy (non-hydrogen) atoms. The van der Waals surface area contributed by atoms with Gasteiger partial charge in [0.05, 0.1) is 23.5 Å². The number of benzene rings is 2. The number of aromatic nitrogens is 2. The Labute approximate surface area is 227 Å². The van der Waals surface area contributed by atoms with Gasteiger partial charge in [-0.2, -0.15) is 18.3 Å². The van der Waals surface area contributed by atoms with Crippen molar-refractivity contribution < 1.29 is 26.7 Å². The summed E-state index contributed by atoms with van der Waals surface area (Å²) < 4.78 is 71.1. The van der Waals surface area contributed by atoms with Gasteiger partial charge in [0, 0.05) is 23.1 Å². The fourth-order valence-electron chi connectivity index (χ4n) is 6.62. The van der Waals surface area contributed by atoms with Crippen molar-refractivity contribution in [3.05, 3.63) is 94.8 Å². The first-order chi connectivity index (χ1) is 19.0. The topological polar surface area (TPSA) is 59.0 Å². The number of halogens is 5. The van der Waals surface area contributed by atoms with Gasteiger partial charge in [0.25, 0.3) is 0 Å². The van der Waals surface area contributed by atoms with Crippen molar-refractivity contribution in [2.24, 2.45) is 17.3 Å². The number of rotatable bonds is 3. The van der Waals surface area contributed by atoms with E-state index in [0.717, 1.165) is 28.1 Å². The van der Waals surface area contributed by atoms with Crippen molar-refractivity contribution in [2.45, 2.75) is 44.8 Å². The maximum Gasteiger partial charge on any atom is 0.394 e. The smallest absolute Gasteiger partial charge is 0.334 e. The zero-order valence-electron chi connectivity index (χ0n) is 21.6. The van der Waals surface area contributed by atoms with E-state index in [1.807, 2.05) is 0 Å². The van der Waals surface area contributed by atoms with Crippen molar-refractivity contribution in [1.29, 1.82) is 0 Å². The van der Waals surface area contributed by atoms with Crippen LogP contribution in [0, 0.1) is 28.9 Å². The van der Waals surface area contributed by atoms with Crippen LogP contribution in [-0.4, -0.2) is 28.0 Å². The van der Waals surface area contributed by atoms with E-state index < -0.39 is 41.3 Å². The van der Waals surface area contributed by atoms with Gasteiger partial charge in [-0.15, -0.1) is 0 Å². The molecule has 3 aliphatic rings. The number of carbonyl (C=O) groups is 1. The van der Waals surface area contributed by atoms with Crippen LogP contribution >= 0.6 is 0 Å². The number of amides is 2. The molecule has 1 unspecified atom stereocenters. The summed E-state index contributed by atoms with van der Waals surface area (Å²) in [7, 11) is 0. The summed E-state index contributed by atoms with van der Waals surface area (Å²) in [5, 5.41) is 9.69. The summed E-state index contributed by atoms with van der Waals surface area (Å²) in [6.45, 7) is 2.05. The molecule has 1 aromatic heterocycles. The average Bonchev–Trinajstić information content (AvgIpc) is 3.30. The molecule has 0 saturated heterocycles. The van der Waals surface area contributed by atoms with Crippen molar-refractivity contribution >= 4 is 17.8 Å². The Morgan fingerprint density at radius 1 is 1.05 bits per heavy atom. The van der Waals surface area contributed by atoms with E-state index in [9.17, 15) is 26.7 Å². The summed E-state index contributed by atoms with van der Waals surface area (Å²) in [4.78, 5) is 12.8. The third-order valence-corrected chi connectivity index (χ3v) is 8.56. The summed E-state index contributed by atoms with van der Waals surface area (Å²) in [6, 6.07) is 9.18. The number of allylic oxidation sites excluding steroid dienone is 2. The number of hydrogen-bond donors (Lipinski definition) is 2. The first-order valence-electron chi connectivity index (χ1n) is 13.2. The van der Waals surface area contributed by atoms with Crippen molar-refractivity contribution in [3.63, 3.8) is 0 Å². The molecule has 1 saturated carbocycles. The third-order valence-electron chi connectivity index (χ3n) is 8.56. The van der Waals surface area contributed by atoms with Gasteiger partial charge in [0.2, 0.25) is 0 Å². The zero-order valence-corrected chi connectivity index (χ0v) is 21.6. The lowest BCUT2D eigenvalue weighted by molar-refractivity contribution is -0.186. The number of anilines is 1. The molecule has 4 atom stereocenters. The molecule has 10 heteroatoms. The second-order valence-corrected chi connectivity index (χ2v) is 10.9. The van der Waals surface area contributed by atoms with Crippen LogP contribution in [0.3, 0.4) is 0 Å². The summed E-state index contributed by atoms with van der Waals surface area (Å²) in [6.07, 6.45) is 2.38. The third kappa shape index (κ3) is 4.59. The number of alkyl halides is 3. The fourth-order valence-corrected chi connectivity index (χ4v) is 6.62. The predicted molar refractivity (Wildman–Crippen MR) is 141 cm³/mol. The predicted octanol–water partition coefficient (Wildman–Crippen LogP) is 7.21. The second-order valence-electron chi connectivity index (χ2n) is 10.9. The lowest BCUT2D eigenvalue weighted by Gasteiger charge is -2.51. The number of urea groups is 1. The van der Waals surface area contributed by atoms with Crippen LogP contribution in [-0.2, 0) is 6.42 Å². The molecule has 6 rings (SSSR count). The normalized spacial score (nSPS) is 25.6. The van der Waals surface area contributed by atoms with E-state index in [2.05, 4.69) is 28.7 Å². The van der Waals surface area contributed by atoms with Gasteiger partial charge in [0.15, 0.2) is 0 Å². The van der Waals surface area contributed by atoms with Gasteiger partial charge in [0.1, 0.15) is 11.6 Å². The lowest BCUT2D eigenvalue weighted by atomic mass is 9.55. The summed E-state index contributed by atoms with van der Waals surface area (Å²) in [5.41, 5.74) is 4.33. The van der Waals surface area contributed by atoms with E-state index >= 15 is 0 Å². The Bertz CT molecular complexity index is 1510. The van der Waals surface area contributed by atoms with Crippen LogP contribution in [0.25, 0.3) is 11.8 Å². The molecule has 0 spiro atoms. The van der Waals surface area contributed by atoms with Crippen molar-refractivity contribution in [1.82, 2.24) is 15.1 Å². The SMILES string of the molecule is C[C@]12Cc3cnn(-c4ccc(F)cc4)c3C=C1CCC1C2=CC[C@@H](C(F)(F)F)[C@@H]1NC(=O)Nc1ccc(F)cc1. The molecular weight excluding hydrogens is 527 g/mol. The second kappa shape index (κ2) is 9.60. The summed E-state index contributed by atoms with van der Waals surface area (Å²) in [5.74, 6) is -3.06. The molecule has 0 bridgehead atoms. The summed E-state index contributed by atoms with van der Waals surface area (Å²) >= 11 is 0. The molecule has 3 aromatic rings. The van der Waals surface area contributed by atoms with E-state index in [-0.39, 0.29) is 17.9 Å². The quantitative estimate of drug-likeness (QED) is 0.266. The highest BCUT2D eigenvalue weighted by Crippen LogP contribution is 2.57. The molecule has 3 aliphatic carbocycles. The maximum atomic E-state index is 14.2. The molecule has 2 aromatic carbocycles. The van der Waals surface area contributed by atoms with Gasteiger partial charge in [-0.3, -0.25) is 0 Å². The van der Waals surface area contributed by atoms with Crippen LogP contribution < -0.4 is 10.6 Å². The largest absolute Gasteiger partial charge is 0.394 e. The highest BCUT2D eigenvalue weighted by Gasteiger charge is 2.54. The Morgan fingerprint density at radius 3 is 2.40 bits per heavy atom. The molecule has 2 amide bonds. The first-order valence-corrected chi connectivity index (χ1v) is 13.2. The molecule has 1 fully saturated rings. The van der Waals surface area contributed by atoms with Gasteiger partial charge in [-0.25, -0.2) is 18.3 Å². The number of carbonyl (C=O) groups excluding carboxylic acids is 1. The number of nitrogens with zero attached hydrogens (tertiary/aromatic N) is 2. The minimum Gasteiger partial charge on any atom is -0.334 e. The van der Waals surface area contributed by atoms with Crippen LogP contribution in [0.1, 0.15) is 37.4 Å². The van der Waals surface area contributed by atoms with Gasteiger partial charge in [-0.1, -0.05) is 24.1 Å². The minimum atomic E-state index is -4.50. The highest BCUT2D eigenvalue weighted by molar-refractivity contribution is 5.89. The van der Waals surface area contributed by atoms with Gasteiger partial charge < -0.3 is 10.6 Å². The van der Waals surface area contributed by atoms with Crippen LogP contribution in [0.5, 0.6) is 0 Å². The average molecular weight is 555 g/mol. The number of hydrogen-bond acceptors (Lipinski definition) is 2. The van der Waals surface area contributed by atoms with E-state index in [1.54, 1.807) is 29.1 Å². The van der Waals surface area contributed by atoms with E-state index in [4.69, 9.17) is 0 Å². The molecule has 208 valence electrons. The van der Waals surface area contributed by atoms with Gasteiger partial charge in [-0.05, 0) is 85.9 Å². The number of nitrogens with one attached hydrogen (secondary N) is 2. The standard InChI is InChI=1S/C30H27F5N4O/c1-29-15-17-16-36-39(22-9-5-20(32)6-10-22)26(17)14-18(29)2-11-23-24(29)12-13-25(30(33,34)35)27(23)38-28(40)37-21-7-3-19(31)4-8-21/h3-10,12,14,16,23,25,27H,2,11,13,15H2,1H3,(H2,37,38,40)/t23?,25-,27-,29+/m1/s1. The molecule has 1 heterocycles. The molecule has 0 aliphatic heterocycles. The first kappa shape index (κ1) is 26.3. The molecule has 0 radical (unpaired) electrons. The van der Waals surface area contributed by atoms with Crippen molar-refractivity contribution in [3.8, 4) is 5.69 Å². The Kier molecular flexibility index (Phi) is 6.31. The Balaban J connectivity index is 1.30. The monoisotopic (exact) mass is 554 g/mol. The van der Waals surface area contributed by atoms with Gasteiger partial charge >= 0.3 is 12.2 Å². The zero-order chi connectivity index (χ0) is 28.2. The highest BCUT2D eigenvalue weighted by atomic mass is 19.4. The molecular formula is C30H27F5N4O. The van der Waals surface area contributed by atoms with Crippen LogP contribution in [0.2, 0.25) is 0 Å². The van der Waals surface area contributed by atoms with E-state index in [1.165, 1.54) is 36.4 Å². The lowest BCUT2D eigenvalue weighted by Crippen LogP contribution is -2.56. The minimum absolute atomic E-state index is 0.235. The van der Waals surface area contributed by atoms with Crippen LogP contribution in [0.15, 0.2) is 72.0 Å². The maximum absolute atomic E-state index is 14.2. The Hall–Kier alpha value is -3.95. The molecule has 5 nitrogen and oxygen atoms in total. The van der Waals surface area contributed by atoms with Crippen LogP contribution in [0.4, 0.5) is 32.4 Å². The Morgan fingerprint density at radius 2 is 1.73 bits per heavy atom. The van der Waals surface area contributed by atoms with Crippen molar-refractivity contribution in [2.75, 3.05) is 5.32 Å². The molecule has 2 N–H and O–H groups in total. The fraction of sp³-hybridized carbons (Fsp3) is 0.333.